The van der Waals surface area contributed by atoms with E-state index in [4.69, 9.17) is 4.74 Å². The smallest absolute Gasteiger partial charge is 0.293 e. The Morgan fingerprint density at radius 3 is 2.75 bits per heavy atom. The molecule has 2 aromatic carbocycles. The number of nitro groups is 1. The van der Waals surface area contributed by atoms with Gasteiger partial charge in [-0.2, -0.15) is 5.10 Å². The van der Waals surface area contributed by atoms with Crippen molar-refractivity contribution in [3.8, 4) is 5.75 Å². The van der Waals surface area contributed by atoms with E-state index in [0.717, 1.165) is 37.4 Å². The number of hydrazone groups is 1. The first-order valence-electron chi connectivity index (χ1n) is 10.4. The molecular formula is C23H25N5O3S. The van der Waals surface area contributed by atoms with Crippen molar-refractivity contribution in [2.24, 2.45) is 5.10 Å². The monoisotopic (exact) mass is 451 g/mol. The molecule has 1 aliphatic rings. The highest BCUT2D eigenvalue weighted by Crippen LogP contribution is 2.37. The summed E-state index contributed by atoms with van der Waals surface area (Å²) in [5.74, 6) is 1.29. The van der Waals surface area contributed by atoms with Crippen LogP contribution in [0.5, 0.6) is 5.75 Å². The lowest BCUT2D eigenvalue weighted by atomic mass is 9.88. The average molecular weight is 452 g/mol. The zero-order valence-electron chi connectivity index (χ0n) is 18.0. The molecule has 0 saturated carbocycles. The van der Waals surface area contributed by atoms with E-state index in [-0.39, 0.29) is 10.6 Å². The number of nitro benzene ring substituents is 1. The summed E-state index contributed by atoms with van der Waals surface area (Å²) in [6.45, 7) is 3.41. The van der Waals surface area contributed by atoms with Gasteiger partial charge in [-0.05, 0) is 43.4 Å². The lowest BCUT2D eigenvalue weighted by Gasteiger charge is -2.34. The molecule has 0 amide bonds. The molecule has 0 spiro atoms. The van der Waals surface area contributed by atoms with Gasteiger partial charge in [-0.1, -0.05) is 24.3 Å². The molecule has 0 unspecified atom stereocenters. The van der Waals surface area contributed by atoms with Gasteiger partial charge in [0.2, 0.25) is 5.13 Å². The van der Waals surface area contributed by atoms with Crippen molar-refractivity contribution in [2.45, 2.75) is 25.7 Å². The van der Waals surface area contributed by atoms with Crippen LogP contribution in [0.3, 0.4) is 0 Å². The summed E-state index contributed by atoms with van der Waals surface area (Å²) in [5, 5.41) is 18.5. The summed E-state index contributed by atoms with van der Waals surface area (Å²) in [4.78, 5) is 17.8. The number of methoxy groups -OCH3 is 1. The van der Waals surface area contributed by atoms with Crippen LogP contribution in [-0.4, -0.2) is 36.3 Å². The topological polar surface area (TPSA) is 92.9 Å². The minimum Gasteiger partial charge on any atom is -0.496 e. The summed E-state index contributed by atoms with van der Waals surface area (Å²) >= 11 is 1.46. The molecule has 0 aliphatic carbocycles. The fraction of sp³-hybridized carbons (Fsp3) is 0.304. The Morgan fingerprint density at radius 1 is 1.28 bits per heavy atom. The lowest BCUT2D eigenvalue weighted by molar-refractivity contribution is -0.384. The lowest BCUT2D eigenvalue weighted by Crippen LogP contribution is -2.33. The number of para-hydroxylation sites is 1. The molecule has 0 atom stereocenters. The number of hydrogen-bond donors (Lipinski definition) is 1. The van der Waals surface area contributed by atoms with Crippen molar-refractivity contribution in [1.29, 1.82) is 0 Å². The first-order valence-corrected chi connectivity index (χ1v) is 11.3. The number of rotatable bonds is 7. The first kappa shape index (κ1) is 21.8. The Morgan fingerprint density at radius 2 is 2.06 bits per heavy atom. The Labute approximate surface area is 190 Å². The predicted octanol–water partition coefficient (Wildman–Crippen LogP) is 5.20. The number of ether oxygens (including phenoxy) is 1. The molecule has 0 bridgehead atoms. The van der Waals surface area contributed by atoms with E-state index >= 15 is 0 Å². The molecule has 0 radical (unpaired) electrons. The number of thiazole rings is 1. The van der Waals surface area contributed by atoms with Crippen LogP contribution in [0.25, 0.3) is 0 Å². The fourth-order valence-corrected chi connectivity index (χ4v) is 4.67. The number of hydrogen-bond acceptors (Lipinski definition) is 8. The normalized spacial score (nSPS) is 14.6. The third kappa shape index (κ3) is 4.88. The van der Waals surface area contributed by atoms with Gasteiger partial charge in [0, 0.05) is 30.1 Å². The van der Waals surface area contributed by atoms with E-state index in [2.05, 4.69) is 26.5 Å². The number of anilines is 2. The molecule has 1 aromatic heterocycles. The maximum Gasteiger partial charge on any atom is 0.293 e. The van der Waals surface area contributed by atoms with Crippen molar-refractivity contribution in [2.75, 3.05) is 30.5 Å². The van der Waals surface area contributed by atoms with Gasteiger partial charge < -0.3 is 9.64 Å². The number of benzene rings is 2. The Hall–Kier alpha value is -3.46. The standard InChI is InChI=1S/C23H25N5O3S/c1-16-15-32-23(25-16)26-24-14-17-7-8-20(21(13-17)28(29)30)27-11-9-18(10-12-27)19-5-3-4-6-22(19)31-2/h3-8,13-15,18H,9-12H2,1-2H3,(H,25,26). The highest BCUT2D eigenvalue weighted by Gasteiger charge is 2.27. The summed E-state index contributed by atoms with van der Waals surface area (Å²) in [6.07, 6.45) is 3.40. The zero-order chi connectivity index (χ0) is 22.5. The molecule has 32 heavy (non-hydrogen) atoms. The third-order valence-corrected chi connectivity index (χ3v) is 6.47. The number of nitrogens with zero attached hydrogens (tertiary/aromatic N) is 4. The van der Waals surface area contributed by atoms with Crippen molar-refractivity contribution in [3.05, 3.63) is 74.8 Å². The van der Waals surface area contributed by atoms with Gasteiger partial charge in [-0.25, -0.2) is 4.98 Å². The van der Waals surface area contributed by atoms with Crippen LogP contribution >= 0.6 is 11.3 Å². The van der Waals surface area contributed by atoms with Crippen molar-refractivity contribution in [3.63, 3.8) is 0 Å². The molecule has 1 saturated heterocycles. The van der Waals surface area contributed by atoms with Crippen LogP contribution < -0.4 is 15.1 Å². The molecule has 4 rings (SSSR count). The first-order chi connectivity index (χ1) is 15.5. The number of aryl methyl sites for hydroxylation is 1. The van der Waals surface area contributed by atoms with E-state index < -0.39 is 0 Å². The average Bonchev–Trinajstić information content (AvgIpc) is 3.24. The summed E-state index contributed by atoms with van der Waals surface area (Å²) in [5.41, 5.74) is 6.38. The molecule has 1 N–H and O–H groups in total. The van der Waals surface area contributed by atoms with Crippen LogP contribution in [0.15, 0.2) is 52.9 Å². The maximum absolute atomic E-state index is 11.8. The minimum absolute atomic E-state index is 0.0924. The molecule has 166 valence electrons. The Bertz CT molecular complexity index is 1120. The Balaban J connectivity index is 1.46. The second-order valence-corrected chi connectivity index (χ2v) is 8.53. The molecule has 1 aliphatic heterocycles. The van der Waals surface area contributed by atoms with Gasteiger partial charge in [-0.3, -0.25) is 15.5 Å². The van der Waals surface area contributed by atoms with Crippen molar-refractivity contribution < 1.29 is 9.66 Å². The molecule has 2 heterocycles. The number of aromatic nitrogens is 1. The van der Waals surface area contributed by atoms with E-state index in [1.165, 1.54) is 16.9 Å². The second-order valence-electron chi connectivity index (χ2n) is 7.67. The second kappa shape index (κ2) is 9.78. The summed E-state index contributed by atoms with van der Waals surface area (Å²) < 4.78 is 5.51. The highest BCUT2D eigenvalue weighted by molar-refractivity contribution is 7.13. The molecule has 1 fully saturated rings. The largest absolute Gasteiger partial charge is 0.496 e. The van der Waals surface area contributed by atoms with Crippen LogP contribution in [0, 0.1) is 17.0 Å². The highest BCUT2D eigenvalue weighted by atomic mass is 32.1. The molecule has 8 nitrogen and oxygen atoms in total. The molecule has 9 heteroatoms. The summed E-state index contributed by atoms with van der Waals surface area (Å²) in [6, 6.07) is 13.3. The number of piperidine rings is 1. The van der Waals surface area contributed by atoms with Gasteiger partial charge in [0.25, 0.3) is 5.69 Å². The van der Waals surface area contributed by atoms with Gasteiger partial charge in [-0.15, -0.1) is 11.3 Å². The number of nitrogens with one attached hydrogen (secondary N) is 1. The SMILES string of the molecule is COc1ccccc1C1CCN(c2ccc(C=NNc3nc(C)cs3)cc2[N+](=O)[O-])CC1. The predicted molar refractivity (Wildman–Crippen MR) is 128 cm³/mol. The molecule has 3 aromatic rings. The van der Waals surface area contributed by atoms with E-state index in [9.17, 15) is 10.1 Å². The minimum atomic E-state index is -0.323. The third-order valence-electron chi connectivity index (χ3n) is 5.60. The Kier molecular flexibility index (Phi) is 6.65. The van der Waals surface area contributed by atoms with Crippen LogP contribution in [-0.2, 0) is 0 Å². The molecular weight excluding hydrogens is 426 g/mol. The van der Waals surface area contributed by atoms with Gasteiger partial charge in [0.05, 0.1) is 23.9 Å². The quantitative estimate of drug-likeness (QED) is 0.302. The van der Waals surface area contributed by atoms with Crippen molar-refractivity contribution >= 4 is 34.1 Å². The fourth-order valence-electron chi connectivity index (χ4n) is 4.04. The summed E-state index contributed by atoms with van der Waals surface area (Å²) in [7, 11) is 1.69. The van der Waals surface area contributed by atoms with Gasteiger partial charge in [0.1, 0.15) is 11.4 Å². The maximum atomic E-state index is 11.8. The van der Waals surface area contributed by atoms with Crippen LogP contribution in [0.2, 0.25) is 0 Å². The van der Waals surface area contributed by atoms with Gasteiger partial charge in [0.15, 0.2) is 0 Å². The van der Waals surface area contributed by atoms with E-state index in [1.54, 1.807) is 19.4 Å². The van der Waals surface area contributed by atoms with Crippen LogP contribution in [0.1, 0.15) is 35.6 Å². The van der Waals surface area contributed by atoms with Crippen LogP contribution in [0.4, 0.5) is 16.5 Å². The van der Waals surface area contributed by atoms with E-state index in [0.29, 0.717) is 22.3 Å². The van der Waals surface area contributed by atoms with Gasteiger partial charge >= 0.3 is 0 Å². The zero-order valence-corrected chi connectivity index (χ0v) is 18.8. The van der Waals surface area contributed by atoms with E-state index in [1.807, 2.05) is 42.6 Å². The van der Waals surface area contributed by atoms with Crippen molar-refractivity contribution in [1.82, 2.24) is 4.98 Å².